The third-order valence-corrected chi connectivity index (χ3v) is 3.49. The van der Waals surface area contributed by atoms with Crippen LogP contribution in [0.15, 0.2) is 6.07 Å². The molecule has 1 aromatic rings. The maximum absolute atomic E-state index is 12.1. The van der Waals surface area contributed by atoms with E-state index in [0.29, 0.717) is 0 Å². The van der Waals surface area contributed by atoms with Crippen molar-refractivity contribution in [2.24, 2.45) is 0 Å². The fourth-order valence-corrected chi connectivity index (χ4v) is 2.39. The number of ether oxygens (including phenoxy) is 1. The number of carbonyl (C=O) groups is 1. The minimum atomic E-state index is -0.188. The van der Waals surface area contributed by atoms with E-state index >= 15 is 0 Å². The van der Waals surface area contributed by atoms with Gasteiger partial charge < -0.3 is 4.74 Å². The Kier molecular flexibility index (Phi) is 4.95. The van der Waals surface area contributed by atoms with Gasteiger partial charge in [-0.3, -0.25) is 10.2 Å². The molecule has 0 aliphatic heterocycles. The van der Waals surface area contributed by atoms with Crippen molar-refractivity contribution in [3.63, 3.8) is 0 Å². The van der Waals surface area contributed by atoms with Crippen LogP contribution in [0, 0.1) is 20.8 Å². The summed E-state index contributed by atoms with van der Waals surface area (Å²) in [4.78, 5) is 12.1. The lowest BCUT2D eigenvalue weighted by atomic mass is 9.88. The molecule has 1 amide bonds. The van der Waals surface area contributed by atoms with Gasteiger partial charge in [-0.2, -0.15) is 0 Å². The van der Waals surface area contributed by atoms with Gasteiger partial charge >= 0.3 is 0 Å². The molecule has 1 N–H and O–H groups in total. The zero-order valence-electron chi connectivity index (χ0n) is 12.9. The van der Waals surface area contributed by atoms with Crippen LogP contribution in [0.3, 0.4) is 0 Å². The fourth-order valence-electron chi connectivity index (χ4n) is 2.39. The summed E-state index contributed by atoms with van der Waals surface area (Å²) >= 11 is 0. The Morgan fingerprint density at radius 1 is 1.26 bits per heavy atom. The number of methoxy groups -OCH3 is 1. The highest BCUT2D eigenvalue weighted by atomic mass is 16.5. The lowest BCUT2D eigenvalue weighted by molar-refractivity contribution is -0.126. The van der Waals surface area contributed by atoms with E-state index in [0.717, 1.165) is 28.0 Å². The predicted molar refractivity (Wildman–Crippen MR) is 77.4 cm³/mol. The second-order valence-corrected chi connectivity index (χ2v) is 5.15. The molecule has 0 aliphatic rings. The summed E-state index contributed by atoms with van der Waals surface area (Å²) in [6.07, 6.45) is 0. The van der Waals surface area contributed by atoms with E-state index in [9.17, 15) is 4.79 Å². The van der Waals surface area contributed by atoms with Gasteiger partial charge in [-0.25, -0.2) is 5.01 Å². The summed E-state index contributed by atoms with van der Waals surface area (Å²) in [5, 5.41) is 1.67. The number of rotatable bonds is 4. The Hall–Kier alpha value is -1.55. The molecule has 0 aromatic heterocycles. The summed E-state index contributed by atoms with van der Waals surface area (Å²) in [6, 6.07) is 2.00. The third kappa shape index (κ3) is 3.26. The first-order chi connectivity index (χ1) is 8.79. The zero-order valence-corrected chi connectivity index (χ0v) is 12.9. The Morgan fingerprint density at radius 3 is 2.32 bits per heavy atom. The lowest BCUT2D eigenvalue weighted by Crippen LogP contribution is -2.39. The smallest absolute Gasteiger partial charge is 0.241 e. The minimum absolute atomic E-state index is 0.000710. The second-order valence-electron chi connectivity index (χ2n) is 5.15. The summed E-state index contributed by atoms with van der Waals surface area (Å²) in [5.41, 5.74) is 7.19. The van der Waals surface area contributed by atoms with Crippen molar-refractivity contribution in [1.82, 2.24) is 10.4 Å². The molecule has 106 valence electrons. The Morgan fingerprint density at radius 2 is 1.84 bits per heavy atom. The lowest BCUT2D eigenvalue weighted by Gasteiger charge is -2.22. The molecule has 19 heavy (non-hydrogen) atoms. The number of nitrogens with zero attached hydrogens (tertiary/aromatic N) is 1. The van der Waals surface area contributed by atoms with Crippen LogP contribution in [0.2, 0.25) is 0 Å². The van der Waals surface area contributed by atoms with Crippen molar-refractivity contribution in [2.75, 3.05) is 21.2 Å². The van der Waals surface area contributed by atoms with Crippen LogP contribution in [0.5, 0.6) is 5.75 Å². The van der Waals surface area contributed by atoms with Crippen LogP contribution in [-0.2, 0) is 4.79 Å². The van der Waals surface area contributed by atoms with Crippen molar-refractivity contribution in [1.29, 1.82) is 0 Å². The van der Waals surface area contributed by atoms with E-state index in [-0.39, 0.29) is 11.8 Å². The van der Waals surface area contributed by atoms with E-state index in [4.69, 9.17) is 4.74 Å². The Bertz CT molecular complexity index is 482. The van der Waals surface area contributed by atoms with Crippen molar-refractivity contribution >= 4 is 5.91 Å². The van der Waals surface area contributed by atoms with Gasteiger partial charge in [-0.15, -0.1) is 0 Å². The van der Waals surface area contributed by atoms with Gasteiger partial charge in [0.25, 0.3) is 0 Å². The van der Waals surface area contributed by atoms with Gasteiger partial charge in [0.05, 0.1) is 13.0 Å². The van der Waals surface area contributed by atoms with Crippen LogP contribution < -0.4 is 10.2 Å². The summed E-state index contributed by atoms with van der Waals surface area (Å²) in [6.45, 7) is 8.01. The van der Waals surface area contributed by atoms with E-state index in [2.05, 4.69) is 5.43 Å². The van der Waals surface area contributed by atoms with Gasteiger partial charge in [0, 0.05) is 14.1 Å². The highest BCUT2D eigenvalue weighted by Gasteiger charge is 2.22. The first kappa shape index (κ1) is 15.5. The number of aryl methyl sites for hydroxylation is 1. The quantitative estimate of drug-likeness (QED) is 0.849. The first-order valence-electron chi connectivity index (χ1n) is 6.42. The normalized spacial score (nSPS) is 12.4. The number of hydrogen-bond acceptors (Lipinski definition) is 3. The molecule has 4 nitrogen and oxygen atoms in total. The van der Waals surface area contributed by atoms with E-state index < -0.39 is 0 Å². The van der Waals surface area contributed by atoms with E-state index in [1.807, 2.05) is 47.9 Å². The Balaban J connectivity index is 3.20. The highest BCUT2D eigenvalue weighted by Crippen LogP contribution is 2.32. The maximum atomic E-state index is 12.1. The van der Waals surface area contributed by atoms with Crippen LogP contribution in [0.1, 0.15) is 35.1 Å². The average molecular weight is 264 g/mol. The maximum Gasteiger partial charge on any atom is 0.241 e. The van der Waals surface area contributed by atoms with Crippen molar-refractivity contribution < 1.29 is 9.53 Å². The van der Waals surface area contributed by atoms with Crippen LogP contribution in [0.4, 0.5) is 0 Å². The molecule has 0 fully saturated rings. The standard InChI is InChI=1S/C15H24N2O2/c1-9-8-13(19-7)10(2)11(3)14(9)12(4)15(18)16-17(5)6/h8,12H,1-7H3,(H,16,18). The number of nitrogens with one attached hydrogen (secondary N) is 1. The zero-order chi connectivity index (χ0) is 14.7. The predicted octanol–water partition coefficient (Wildman–Crippen LogP) is 2.32. The molecule has 1 aromatic carbocycles. The SMILES string of the molecule is COc1cc(C)c(C(C)C(=O)NN(C)C)c(C)c1C. The molecule has 0 saturated carbocycles. The molecule has 0 heterocycles. The molecule has 0 spiro atoms. The second kappa shape index (κ2) is 6.06. The molecule has 0 bridgehead atoms. The molecule has 4 heteroatoms. The molecule has 0 radical (unpaired) electrons. The van der Waals surface area contributed by atoms with Gasteiger partial charge in [0.2, 0.25) is 5.91 Å². The van der Waals surface area contributed by atoms with Gasteiger partial charge in [-0.05, 0) is 56.0 Å². The average Bonchev–Trinajstić information content (AvgIpc) is 2.32. The number of carbonyl (C=O) groups excluding carboxylic acids is 1. The molecule has 0 aliphatic carbocycles. The van der Waals surface area contributed by atoms with Crippen LogP contribution in [0.25, 0.3) is 0 Å². The third-order valence-electron chi connectivity index (χ3n) is 3.49. The largest absolute Gasteiger partial charge is 0.496 e. The summed E-state index contributed by atoms with van der Waals surface area (Å²) in [7, 11) is 5.29. The van der Waals surface area contributed by atoms with Gasteiger partial charge in [0.1, 0.15) is 5.75 Å². The molecule has 1 unspecified atom stereocenters. The molecule has 0 saturated heterocycles. The number of benzene rings is 1. The summed E-state index contributed by atoms with van der Waals surface area (Å²) < 4.78 is 5.36. The highest BCUT2D eigenvalue weighted by molar-refractivity contribution is 5.84. The monoisotopic (exact) mass is 264 g/mol. The van der Waals surface area contributed by atoms with E-state index in [1.165, 1.54) is 0 Å². The first-order valence-corrected chi connectivity index (χ1v) is 6.42. The molecule has 1 atom stereocenters. The Labute approximate surface area is 115 Å². The molecular weight excluding hydrogens is 240 g/mol. The van der Waals surface area contributed by atoms with Gasteiger partial charge in [0.15, 0.2) is 0 Å². The van der Waals surface area contributed by atoms with Crippen LogP contribution in [-0.4, -0.2) is 32.1 Å². The summed E-state index contributed by atoms with van der Waals surface area (Å²) in [5.74, 6) is 0.687. The number of hydrogen-bond donors (Lipinski definition) is 1. The topological polar surface area (TPSA) is 41.6 Å². The minimum Gasteiger partial charge on any atom is -0.496 e. The van der Waals surface area contributed by atoms with Crippen molar-refractivity contribution in [3.8, 4) is 5.75 Å². The number of amides is 1. The van der Waals surface area contributed by atoms with Gasteiger partial charge in [-0.1, -0.05) is 0 Å². The van der Waals surface area contributed by atoms with Crippen molar-refractivity contribution in [2.45, 2.75) is 33.6 Å². The van der Waals surface area contributed by atoms with Crippen LogP contribution >= 0.6 is 0 Å². The molecular formula is C15H24N2O2. The molecule has 1 rings (SSSR count). The fraction of sp³-hybridized carbons (Fsp3) is 0.533. The number of hydrazine groups is 1. The van der Waals surface area contributed by atoms with Crippen molar-refractivity contribution in [3.05, 3.63) is 28.3 Å². The van der Waals surface area contributed by atoms with E-state index in [1.54, 1.807) is 12.1 Å².